The number of carbonyl (C=O) groups is 2. The number of esters is 1. The average molecular weight is 663 g/mol. The first-order valence-electron chi connectivity index (χ1n) is 14.6. The number of hydrogen-bond acceptors (Lipinski definition) is 9. The Balaban J connectivity index is 1.15. The monoisotopic (exact) mass is 661 g/mol. The van der Waals surface area contributed by atoms with Crippen molar-refractivity contribution in [2.75, 3.05) is 44.7 Å². The zero-order valence-electron chi connectivity index (χ0n) is 24.4. The number of fused-ring (bicyclic) bond motifs is 1. The number of piperazine rings is 1. The van der Waals surface area contributed by atoms with Gasteiger partial charge < -0.3 is 15.0 Å². The van der Waals surface area contributed by atoms with Gasteiger partial charge in [-0.05, 0) is 42.7 Å². The number of aliphatic imine (C=N–C) groups is 1. The van der Waals surface area contributed by atoms with Gasteiger partial charge in [-0.2, -0.15) is 5.26 Å². The number of nitrogens with one attached hydrogen (secondary N) is 1. The van der Waals surface area contributed by atoms with Crippen molar-refractivity contribution in [3.63, 3.8) is 0 Å². The molecule has 3 aromatic rings. The maximum absolute atomic E-state index is 13.5. The molecule has 230 valence electrons. The fourth-order valence-corrected chi connectivity index (χ4v) is 7.47. The van der Waals surface area contributed by atoms with Gasteiger partial charge >= 0.3 is 12.0 Å². The van der Waals surface area contributed by atoms with E-state index in [1.807, 2.05) is 39.4 Å². The molecule has 0 spiro atoms. The second kappa shape index (κ2) is 11.8. The Labute approximate surface area is 274 Å². The van der Waals surface area contributed by atoms with Crippen molar-refractivity contribution in [2.45, 2.75) is 30.3 Å². The number of methoxy groups -OCH3 is 1. The molecule has 2 aromatic carbocycles. The highest BCUT2D eigenvalue weighted by Gasteiger charge is 2.46. The third-order valence-corrected chi connectivity index (χ3v) is 10.3. The van der Waals surface area contributed by atoms with Crippen molar-refractivity contribution in [3.05, 3.63) is 91.5 Å². The number of rotatable bonds is 7. The number of amides is 2. The number of urea groups is 1. The molecule has 2 unspecified atom stereocenters. The van der Waals surface area contributed by atoms with Gasteiger partial charge in [-0.1, -0.05) is 41.4 Å². The summed E-state index contributed by atoms with van der Waals surface area (Å²) < 4.78 is 5.25. The maximum atomic E-state index is 13.5. The molecule has 2 atom stereocenters. The maximum Gasteiger partial charge on any atom is 0.338 e. The summed E-state index contributed by atoms with van der Waals surface area (Å²) in [7, 11) is 1.35. The van der Waals surface area contributed by atoms with Crippen LogP contribution in [0.1, 0.15) is 35.0 Å². The second-order valence-corrected chi connectivity index (χ2v) is 13.3. The van der Waals surface area contributed by atoms with Crippen molar-refractivity contribution in [1.82, 2.24) is 20.1 Å². The van der Waals surface area contributed by atoms with E-state index in [1.165, 1.54) is 18.4 Å². The molecule has 3 aliphatic heterocycles. The van der Waals surface area contributed by atoms with E-state index in [1.54, 1.807) is 24.4 Å². The van der Waals surface area contributed by atoms with E-state index < -0.39 is 12.0 Å². The number of nitriles is 1. The van der Waals surface area contributed by atoms with Gasteiger partial charge in [0.05, 0.1) is 30.2 Å². The molecular weight excluding hydrogens is 633 g/mol. The lowest BCUT2D eigenvalue weighted by molar-refractivity contribution is -0.136. The van der Waals surface area contributed by atoms with Gasteiger partial charge in [-0.15, -0.1) is 11.3 Å². The molecule has 7 rings (SSSR count). The normalized spacial score (nSPS) is 22.4. The van der Waals surface area contributed by atoms with Crippen LogP contribution in [0.15, 0.2) is 70.3 Å². The molecule has 0 radical (unpaired) electrons. The number of halogens is 2. The first-order chi connectivity index (χ1) is 21.8. The Morgan fingerprint density at radius 3 is 2.64 bits per heavy atom. The third kappa shape index (κ3) is 5.46. The van der Waals surface area contributed by atoms with Gasteiger partial charge in [0.25, 0.3) is 0 Å². The van der Waals surface area contributed by atoms with Gasteiger partial charge in [-0.3, -0.25) is 14.8 Å². The lowest BCUT2D eigenvalue weighted by Crippen LogP contribution is -2.53. The number of anilines is 1. The van der Waals surface area contributed by atoms with Crippen LogP contribution in [-0.4, -0.2) is 78.5 Å². The van der Waals surface area contributed by atoms with Crippen LogP contribution in [0.25, 0.3) is 0 Å². The summed E-state index contributed by atoms with van der Waals surface area (Å²) in [5.74, 6) is 0.0291. The Hall–Kier alpha value is -3.95. The molecule has 0 bridgehead atoms. The molecule has 13 heteroatoms. The lowest BCUT2D eigenvalue weighted by atomic mass is 9.95. The van der Waals surface area contributed by atoms with Crippen LogP contribution >= 0.6 is 34.5 Å². The highest BCUT2D eigenvalue weighted by molar-refractivity contribution is 7.11. The molecule has 4 aliphatic rings. The molecule has 2 amide bonds. The number of aromatic nitrogens is 1. The molecule has 4 heterocycles. The van der Waals surface area contributed by atoms with E-state index in [4.69, 9.17) is 32.9 Å². The van der Waals surface area contributed by atoms with Crippen LogP contribution in [0.2, 0.25) is 10.0 Å². The number of nitrogens with zero attached hydrogens (tertiary/aromatic N) is 6. The third-order valence-electron chi connectivity index (χ3n) is 8.94. The summed E-state index contributed by atoms with van der Waals surface area (Å²) >= 11 is 14.3. The van der Waals surface area contributed by atoms with Crippen molar-refractivity contribution < 1.29 is 14.3 Å². The zero-order valence-corrected chi connectivity index (χ0v) is 26.7. The van der Waals surface area contributed by atoms with E-state index >= 15 is 0 Å². The fraction of sp³-hybridized carbons (Fsp3) is 0.344. The van der Waals surface area contributed by atoms with Crippen LogP contribution in [0.4, 0.5) is 10.5 Å². The summed E-state index contributed by atoms with van der Waals surface area (Å²) in [5, 5.41) is 16.4. The highest BCUT2D eigenvalue weighted by atomic mass is 35.5. The quantitative estimate of drug-likeness (QED) is 0.348. The lowest BCUT2D eigenvalue weighted by Gasteiger charge is -2.38. The Morgan fingerprint density at radius 1 is 1.18 bits per heavy atom. The van der Waals surface area contributed by atoms with Crippen LogP contribution in [0, 0.1) is 11.3 Å². The summed E-state index contributed by atoms with van der Waals surface area (Å²) in [6.07, 6.45) is 3.46. The highest BCUT2D eigenvalue weighted by Crippen LogP contribution is 2.48. The van der Waals surface area contributed by atoms with Crippen LogP contribution in [-0.2, 0) is 14.9 Å². The minimum atomic E-state index is -0.735. The van der Waals surface area contributed by atoms with Gasteiger partial charge in [0.2, 0.25) is 0 Å². The number of carbonyl (C=O) groups excluding carboxylic acids is 2. The first-order valence-corrected chi connectivity index (χ1v) is 16.3. The molecule has 2 saturated heterocycles. The molecular formula is C32H29Cl2N7O3S. The Bertz CT molecular complexity index is 1770. The second-order valence-electron chi connectivity index (χ2n) is 11.6. The minimum Gasteiger partial charge on any atom is -0.466 e. The van der Waals surface area contributed by atoms with Crippen LogP contribution in [0.5, 0.6) is 0 Å². The number of benzene rings is 2. The van der Waals surface area contributed by atoms with Crippen molar-refractivity contribution in [3.8, 4) is 6.07 Å². The Morgan fingerprint density at radius 2 is 1.98 bits per heavy atom. The summed E-state index contributed by atoms with van der Waals surface area (Å²) in [6, 6.07) is 14.6. The SMILES string of the molecule is COC(=O)C1=C(CN2CCN3C(=O)N(c4ccc(C5(C#N)CC5)cc4)CC3C2)NC(c2nccs2)=NC1c1ccc(Cl)cc1Cl. The minimum absolute atomic E-state index is 0.0188. The van der Waals surface area contributed by atoms with E-state index in [-0.39, 0.29) is 17.5 Å². The molecule has 1 aromatic heterocycles. The zero-order chi connectivity index (χ0) is 31.3. The van der Waals surface area contributed by atoms with Gasteiger partial charge in [-0.25, -0.2) is 14.6 Å². The van der Waals surface area contributed by atoms with Crippen molar-refractivity contribution >= 4 is 58.1 Å². The first kappa shape index (κ1) is 29.7. The number of ether oxygens (including phenoxy) is 1. The average Bonchev–Trinajstić information content (AvgIpc) is 3.51. The molecule has 10 nitrogen and oxygen atoms in total. The topological polar surface area (TPSA) is 114 Å². The van der Waals surface area contributed by atoms with E-state index in [0.29, 0.717) is 70.4 Å². The largest absolute Gasteiger partial charge is 0.466 e. The predicted molar refractivity (Wildman–Crippen MR) is 173 cm³/mol. The van der Waals surface area contributed by atoms with Gasteiger partial charge in [0.15, 0.2) is 10.8 Å². The molecule has 45 heavy (non-hydrogen) atoms. The number of thiazole rings is 1. The van der Waals surface area contributed by atoms with Gasteiger partial charge in [0.1, 0.15) is 6.04 Å². The van der Waals surface area contributed by atoms with Crippen LogP contribution < -0.4 is 10.2 Å². The predicted octanol–water partition coefficient (Wildman–Crippen LogP) is 5.15. The van der Waals surface area contributed by atoms with E-state index in [2.05, 4.69) is 21.3 Å². The van der Waals surface area contributed by atoms with Crippen molar-refractivity contribution in [1.29, 1.82) is 5.26 Å². The standard InChI is InChI=1S/C32H29Cl2N7O3S/c1-44-30(42)26-25(37-28(29-36-10-13-45-29)38-27(26)23-7-4-20(33)14-24(23)34)17-39-11-12-40-22(15-39)16-41(31(40)43)21-5-2-19(3-6-21)32(18-35)8-9-32/h2-7,10,13-14,22,27H,8-9,11-12,15-17H2,1H3,(H,37,38). The van der Waals surface area contributed by atoms with Crippen LogP contribution in [0.3, 0.4) is 0 Å². The number of hydrogen-bond donors (Lipinski definition) is 1. The van der Waals surface area contributed by atoms with Crippen molar-refractivity contribution in [2.24, 2.45) is 4.99 Å². The molecule has 1 aliphatic carbocycles. The summed E-state index contributed by atoms with van der Waals surface area (Å²) in [4.78, 5) is 42.1. The smallest absolute Gasteiger partial charge is 0.338 e. The summed E-state index contributed by atoms with van der Waals surface area (Å²) in [6.45, 7) is 2.74. The van der Waals surface area contributed by atoms with E-state index in [0.717, 1.165) is 24.1 Å². The molecule has 3 fully saturated rings. The Kier molecular flexibility index (Phi) is 7.78. The molecule has 1 saturated carbocycles. The van der Waals surface area contributed by atoms with Gasteiger partial charge in [0, 0.05) is 71.3 Å². The number of amidine groups is 1. The fourth-order valence-electron chi connectivity index (χ4n) is 6.37. The van der Waals surface area contributed by atoms with E-state index in [9.17, 15) is 14.9 Å². The molecule has 1 N–H and O–H groups in total. The summed E-state index contributed by atoms with van der Waals surface area (Å²) in [5.41, 5.74) is 3.12.